The summed E-state index contributed by atoms with van der Waals surface area (Å²) in [6.45, 7) is 14.3. The van der Waals surface area contributed by atoms with Crippen LogP contribution in [0.4, 0.5) is 4.79 Å². The molecule has 1 saturated carbocycles. The van der Waals surface area contributed by atoms with Gasteiger partial charge in [0.15, 0.2) is 0 Å². The number of hydrogen-bond acceptors (Lipinski definition) is 3. The lowest BCUT2D eigenvalue weighted by Gasteiger charge is -2.21. The number of carbonyl (C=O) groups is 1. The highest BCUT2D eigenvalue weighted by atomic mass is 16.6. The first-order chi connectivity index (χ1) is 10.6. The maximum Gasteiger partial charge on any atom is 0.407 e. The van der Waals surface area contributed by atoms with Crippen molar-refractivity contribution in [3.63, 3.8) is 0 Å². The van der Waals surface area contributed by atoms with E-state index >= 15 is 0 Å². The molecule has 0 saturated heterocycles. The van der Waals surface area contributed by atoms with E-state index in [0.717, 1.165) is 6.42 Å². The zero-order chi connectivity index (χ0) is 17.4. The van der Waals surface area contributed by atoms with E-state index in [9.17, 15) is 4.79 Å². The second kappa shape index (κ2) is 6.52. The number of aryl methyl sites for hydroxylation is 3. The van der Waals surface area contributed by atoms with Gasteiger partial charge < -0.3 is 15.4 Å². The van der Waals surface area contributed by atoms with Gasteiger partial charge in [0.05, 0.1) is 0 Å². The molecule has 2 N–H and O–H groups in total. The molecule has 1 fully saturated rings. The highest BCUT2D eigenvalue weighted by Crippen LogP contribution is 2.29. The second-order valence-corrected chi connectivity index (χ2v) is 7.80. The van der Waals surface area contributed by atoms with Crippen molar-refractivity contribution in [1.29, 1.82) is 0 Å². The second-order valence-electron chi connectivity index (χ2n) is 7.80. The Bertz CT molecular complexity index is 567. The van der Waals surface area contributed by atoms with Gasteiger partial charge in [-0.3, -0.25) is 0 Å². The van der Waals surface area contributed by atoms with Crippen LogP contribution < -0.4 is 10.6 Å². The first kappa shape index (κ1) is 17.8. The SMILES string of the molecule is Cc1cc(C)c(C(C)NC2CC2NC(=O)OC(C)(C)C)c(C)c1. The van der Waals surface area contributed by atoms with E-state index < -0.39 is 5.60 Å². The Labute approximate surface area is 140 Å². The molecule has 1 aromatic carbocycles. The molecule has 3 atom stereocenters. The fourth-order valence-electron chi connectivity index (χ4n) is 3.28. The van der Waals surface area contributed by atoms with E-state index in [0.29, 0.717) is 6.04 Å². The molecule has 0 aliphatic heterocycles. The standard InChI is InChI=1S/C19H30N2O2/c1-11-8-12(2)17(13(3)9-11)14(4)20-15-10-16(15)21-18(22)23-19(5,6)7/h8-9,14-16,20H,10H2,1-7H3,(H,21,22). The van der Waals surface area contributed by atoms with Crippen molar-refractivity contribution in [2.45, 2.75) is 78.6 Å². The van der Waals surface area contributed by atoms with Gasteiger partial charge in [-0.05, 0) is 71.6 Å². The van der Waals surface area contributed by atoms with Crippen LogP contribution in [0.5, 0.6) is 0 Å². The van der Waals surface area contributed by atoms with E-state index in [2.05, 4.69) is 50.5 Å². The molecule has 128 valence electrons. The van der Waals surface area contributed by atoms with Gasteiger partial charge in [0.2, 0.25) is 0 Å². The van der Waals surface area contributed by atoms with Gasteiger partial charge in [-0.1, -0.05) is 17.7 Å². The van der Waals surface area contributed by atoms with Gasteiger partial charge in [-0.15, -0.1) is 0 Å². The lowest BCUT2D eigenvalue weighted by molar-refractivity contribution is 0.0522. The van der Waals surface area contributed by atoms with E-state index in [1.165, 1.54) is 22.3 Å². The third-order valence-electron chi connectivity index (χ3n) is 4.13. The van der Waals surface area contributed by atoms with Crippen LogP contribution in [-0.2, 0) is 4.74 Å². The molecule has 4 nitrogen and oxygen atoms in total. The van der Waals surface area contributed by atoms with E-state index in [4.69, 9.17) is 4.74 Å². The van der Waals surface area contributed by atoms with Gasteiger partial charge in [-0.2, -0.15) is 0 Å². The fraction of sp³-hybridized carbons (Fsp3) is 0.632. The van der Waals surface area contributed by atoms with Crippen molar-refractivity contribution in [2.75, 3.05) is 0 Å². The Morgan fingerprint density at radius 2 is 1.74 bits per heavy atom. The number of amides is 1. The smallest absolute Gasteiger partial charge is 0.407 e. The minimum absolute atomic E-state index is 0.165. The third kappa shape index (κ3) is 4.96. The van der Waals surface area contributed by atoms with Crippen LogP contribution in [0.2, 0.25) is 0 Å². The van der Waals surface area contributed by atoms with Gasteiger partial charge in [0.1, 0.15) is 5.60 Å². The summed E-state index contributed by atoms with van der Waals surface area (Å²) in [5, 5.41) is 6.55. The number of rotatable bonds is 4. The zero-order valence-corrected chi connectivity index (χ0v) is 15.4. The maximum atomic E-state index is 11.8. The van der Waals surface area contributed by atoms with E-state index in [1.54, 1.807) is 0 Å². The zero-order valence-electron chi connectivity index (χ0n) is 15.4. The molecule has 4 heteroatoms. The van der Waals surface area contributed by atoms with Crippen LogP contribution in [0.15, 0.2) is 12.1 Å². The summed E-state index contributed by atoms with van der Waals surface area (Å²) in [5.74, 6) is 0. The van der Waals surface area contributed by atoms with Crippen molar-refractivity contribution in [3.05, 3.63) is 34.4 Å². The number of carbonyl (C=O) groups excluding carboxylic acids is 1. The molecule has 0 spiro atoms. The van der Waals surface area contributed by atoms with Crippen molar-refractivity contribution in [2.24, 2.45) is 0 Å². The first-order valence-electron chi connectivity index (χ1n) is 8.40. The Morgan fingerprint density at radius 1 is 1.17 bits per heavy atom. The van der Waals surface area contributed by atoms with Crippen molar-refractivity contribution < 1.29 is 9.53 Å². The third-order valence-corrected chi connectivity index (χ3v) is 4.13. The number of ether oxygens (including phenoxy) is 1. The summed E-state index contributed by atoms with van der Waals surface area (Å²) in [4.78, 5) is 11.8. The van der Waals surface area contributed by atoms with Crippen molar-refractivity contribution in [3.8, 4) is 0 Å². The molecule has 1 aliphatic rings. The molecular weight excluding hydrogens is 288 g/mol. The number of hydrogen-bond donors (Lipinski definition) is 2. The molecular formula is C19H30N2O2. The summed E-state index contributed by atoms with van der Waals surface area (Å²) in [6, 6.07) is 5.20. The fourth-order valence-corrected chi connectivity index (χ4v) is 3.28. The summed E-state index contributed by atoms with van der Waals surface area (Å²) >= 11 is 0. The number of alkyl carbamates (subject to hydrolysis) is 1. The Balaban J connectivity index is 1.89. The highest BCUT2D eigenvalue weighted by Gasteiger charge is 2.40. The summed E-state index contributed by atoms with van der Waals surface area (Å²) < 4.78 is 5.30. The molecule has 0 bridgehead atoms. The van der Waals surface area contributed by atoms with Crippen molar-refractivity contribution in [1.82, 2.24) is 10.6 Å². The quantitative estimate of drug-likeness (QED) is 0.884. The Hall–Kier alpha value is -1.55. The molecule has 3 unspecified atom stereocenters. The topological polar surface area (TPSA) is 50.4 Å². The predicted molar refractivity (Wildman–Crippen MR) is 93.8 cm³/mol. The highest BCUT2D eigenvalue weighted by molar-refractivity contribution is 5.68. The minimum Gasteiger partial charge on any atom is -0.444 e. The molecule has 23 heavy (non-hydrogen) atoms. The number of nitrogens with one attached hydrogen (secondary N) is 2. The average molecular weight is 318 g/mol. The average Bonchev–Trinajstić information content (AvgIpc) is 3.02. The van der Waals surface area contributed by atoms with Crippen molar-refractivity contribution >= 4 is 6.09 Å². The lowest BCUT2D eigenvalue weighted by Crippen LogP contribution is -2.37. The van der Waals surface area contributed by atoms with Crippen LogP contribution in [0.25, 0.3) is 0 Å². The first-order valence-corrected chi connectivity index (χ1v) is 8.40. The van der Waals surface area contributed by atoms with Crippen LogP contribution >= 0.6 is 0 Å². The summed E-state index contributed by atoms with van der Waals surface area (Å²) in [5.41, 5.74) is 4.84. The largest absolute Gasteiger partial charge is 0.444 e. The van der Waals surface area contributed by atoms with Crippen LogP contribution in [0.3, 0.4) is 0 Å². The Kier molecular flexibility index (Phi) is 5.04. The minimum atomic E-state index is -0.453. The monoisotopic (exact) mass is 318 g/mol. The molecule has 0 aromatic heterocycles. The van der Waals surface area contributed by atoms with E-state index in [-0.39, 0.29) is 18.2 Å². The van der Waals surface area contributed by atoms with Gasteiger partial charge in [-0.25, -0.2) is 4.79 Å². The Morgan fingerprint density at radius 3 is 2.26 bits per heavy atom. The van der Waals surface area contributed by atoms with Crippen LogP contribution in [0.1, 0.15) is 62.4 Å². The summed E-state index contributed by atoms with van der Waals surface area (Å²) in [6.07, 6.45) is 0.621. The normalized spacial score (nSPS) is 21.7. The van der Waals surface area contributed by atoms with Gasteiger partial charge >= 0.3 is 6.09 Å². The van der Waals surface area contributed by atoms with Gasteiger partial charge in [0.25, 0.3) is 0 Å². The van der Waals surface area contributed by atoms with Crippen LogP contribution in [0, 0.1) is 20.8 Å². The molecule has 1 aliphatic carbocycles. The molecule has 0 radical (unpaired) electrons. The summed E-state index contributed by atoms with van der Waals surface area (Å²) in [7, 11) is 0. The predicted octanol–water partition coefficient (Wildman–Crippen LogP) is 3.93. The van der Waals surface area contributed by atoms with E-state index in [1.807, 2.05) is 20.8 Å². The molecule has 0 heterocycles. The molecule has 2 rings (SSSR count). The van der Waals surface area contributed by atoms with Crippen LogP contribution in [-0.4, -0.2) is 23.8 Å². The molecule has 1 aromatic rings. The lowest BCUT2D eigenvalue weighted by atomic mass is 9.95. The number of benzene rings is 1. The molecule has 1 amide bonds. The maximum absolute atomic E-state index is 11.8. The van der Waals surface area contributed by atoms with Gasteiger partial charge in [0, 0.05) is 18.1 Å².